The molecular weight excluding hydrogens is 420 g/mol. The Hall–Kier alpha value is -2.01. The van der Waals surface area contributed by atoms with E-state index in [4.69, 9.17) is 16.3 Å². The highest BCUT2D eigenvalue weighted by Gasteiger charge is 2.48. The highest BCUT2D eigenvalue weighted by Crippen LogP contribution is 2.25. The van der Waals surface area contributed by atoms with E-state index < -0.39 is 33.7 Å². The van der Waals surface area contributed by atoms with Gasteiger partial charge < -0.3 is 20.3 Å². The van der Waals surface area contributed by atoms with Gasteiger partial charge in [0.05, 0.1) is 18.0 Å². The summed E-state index contributed by atoms with van der Waals surface area (Å²) < 4.78 is 32.4. The van der Waals surface area contributed by atoms with Crippen molar-refractivity contribution in [1.82, 2.24) is 10.0 Å². The summed E-state index contributed by atoms with van der Waals surface area (Å²) in [5, 5.41) is 24.0. The van der Waals surface area contributed by atoms with Gasteiger partial charge in [0.2, 0.25) is 10.0 Å². The predicted molar refractivity (Wildman–Crippen MR) is 106 cm³/mol. The molecule has 0 spiro atoms. The van der Waals surface area contributed by atoms with Crippen LogP contribution in [0.2, 0.25) is 5.02 Å². The third-order valence-electron chi connectivity index (χ3n) is 4.64. The first-order chi connectivity index (χ1) is 13.7. The molecule has 10 heteroatoms. The van der Waals surface area contributed by atoms with Crippen LogP contribution in [0.5, 0.6) is 0 Å². The lowest BCUT2D eigenvalue weighted by atomic mass is 9.96. The second kappa shape index (κ2) is 8.78. The van der Waals surface area contributed by atoms with Gasteiger partial charge in [-0.2, -0.15) is 0 Å². The molecule has 2 aromatic rings. The average Bonchev–Trinajstić information content (AvgIpc) is 3.00. The molecule has 1 aliphatic rings. The minimum atomic E-state index is -3.84. The first kappa shape index (κ1) is 21.7. The van der Waals surface area contributed by atoms with Gasteiger partial charge in [0.15, 0.2) is 0 Å². The van der Waals surface area contributed by atoms with E-state index >= 15 is 0 Å². The number of hydrogen-bond acceptors (Lipinski definition) is 6. The fourth-order valence-corrected chi connectivity index (χ4v) is 4.08. The summed E-state index contributed by atoms with van der Waals surface area (Å²) in [7, 11) is -3.84. The second-order valence-electron chi connectivity index (χ2n) is 6.75. The molecule has 8 nitrogen and oxygen atoms in total. The summed E-state index contributed by atoms with van der Waals surface area (Å²) in [6.07, 6.45) is -2.37. The van der Waals surface area contributed by atoms with Crippen LogP contribution >= 0.6 is 11.6 Å². The highest BCUT2D eigenvalue weighted by atomic mass is 35.5. The van der Waals surface area contributed by atoms with Gasteiger partial charge in [0.25, 0.3) is 5.91 Å². The lowest BCUT2D eigenvalue weighted by Gasteiger charge is -2.26. The fraction of sp³-hybridized carbons (Fsp3) is 0.316. The van der Waals surface area contributed by atoms with E-state index in [0.29, 0.717) is 10.6 Å². The summed E-state index contributed by atoms with van der Waals surface area (Å²) in [6, 6.07) is 14.0. The number of rotatable bonds is 7. The van der Waals surface area contributed by atoms with Gasteiger partial charge >= 0.3 is 0 Å². The van der Waals surface area contributed by atoms with Crippen LogP contribution in [0.4, 0.5) is 0 Å². The van der Waals surface area contributed by atoms with Crippen LogP contribution in [-0.4, -0.2) is 62.0 Å². The molecule has 0 radical (unpaired) electrons. The van der Waals surface area contributed by atoms with Crippen molar-refractivity contribution in [3.05, 3.63) is 65.2 Å². The third kappa shape index (κ3) is 5.13. The number of aliphatic hydroxyl groups excluding tert-OH is 1. The van der Waals surface area contributed by atoms with Crippen molar-refractivity contribution in [1.29, 1.82) is 0 Å². The fourth-order valence-electron chi connectivity index (χ4n) is 2.91. The number of ether oxygens (including phenoxy) is 1. The van der Waals surface area contributed by atoms with Crippen LogP contribution in [0.3, 0.4) is 0 Å². The van der Waals surface area contributed by atoms with Crippen molar-refractivity contribution in [2.24, 2.45) is 0 Å². The molecule has 0 saturated carbocycles. The smallest absolute Gasteiger partial charge is 0.251 e. The average molecular weight is 441 g/mol. The molecule has 1 saturated heterocycles. The molecule has 0 aliphatic carbocycles. The number of amides is 1. The Morgan fingerprint density at radius 1 is 1.17 bits per heavy atom. The van der Waals surface area contributed by atoms with Gasteiger partial charge in [-0.25, -0.2) is 13.1 Å². The Kier molecular flexibility index (Phi) is 6.57. The summed E-state index contributed by atoms with van der Waals surface area (Å²) in [4.78, 5) is 12.1. The van der Waals surface area contributed by atoms with Gasteiger partial charge in [-0.05, 0) is 36.4 Å². The van der Waals surface area contributed by atoms with Crippen molar-refractivity contribution >= 4 is 27.5 Å². The third-order valence-corrected chi connectivity index (χ3v) is 6.33. The summed E-state index contributed by atoms with van der Waals surface area (Å²) >= 11 is 5.76. The van der Waals surface area contributed by atoms with Crippen LogP contribution < -0.4 is 10.0 Å². The van der Waals surface area contributed by atoms with Gasteiger partial charge in [-0.1, -0.05) is 29.8 Å². The monoisotopic (exact) mass is 440 g/mol. The van der Waals surface area contributed by atoms with Gasteiger partial charge in [-0.15, -0.1) is 0 Å². The van der Waals surface area contributed by atoms with Gasteiger partial charge in [-0.3, -0.25) is 4.79 Å². The second-order valence-corrected chi connectivity index (χ2v) is 8.96. The maximum absolute atomic E-state index is 12.3. The van der Waals surface area contributed by atoms with Crippen molar-refractivity contribution < 1.29 is 28.2 Å². The van der Waals surface area contributed by atoms with Crippen molar-refractivity contribution in [3.8, 4) is 0 Å². The number of carbonyl (C=O) groups excluding carboxylic acids is 1. The molecule has 1 amide bonds. The Morgan fingerprint density at radius 2 is 1.83 bits per heavy atom. The molecule has 29 heavy (non-hydrogen) atoms. The summed E-state index contributed by atoms with van der Waals surface area (Å²) in [5.41, 5.74) is -1.32. The lowest BCUT2D eigenvalue weighted by Crippen LogP contribution is -2.53. The molecule has 1 unspecified atom stereocenters. The van der Waals surface area contributed by atoms with Crippen LogP contribution in [0.1, 0.15) is 10.4 Å². The maximum atomic E-state index is 12.3. The number of benzene rings is 2. The zero-order chi connectivity index (χ0) is 21.1. The maximum Gasteiger partial charge on any atom is 0.251 e. The van der Waals surface area contributed by atoms with E-state index in [1.54, 1.807) is 30.3 Å². The van der Waals surface area contributed by atoms with Crippen LogP contribution in [0, 0.1) is 0 Å². The molecule has 156 valence electrons. The number of hydrogen-bond donors (Lipinski definition) is 4. The molecule has 4 N–H and O–H groups in total. The molecule has 1 fully saturated rings. The molecule has 3 atom stereocenters. The first-order valence-corrected chi connectivity index (χ1v) is 10.7. The van der Waals surface area contributed by atoms with Crippen LogP contribution in [-0.2, 0) is 14.8 Å². The number of nitrogens with one attached hydrogen (secondary N) is 2. The van der Waals surface area contributed by atoms with E-state index in [-0.39, 0.29) is 24.6 Å². The summed E-state index contributed by atoms with van der Waals surface area (Å²) in [6.45, 7) is -0.750. The van der Waals surface area contributed by atoms with Gasteiger partial charge in [0.1, 0.15) is 17.8 Å². The molecule has 0 aromatic heterocycles. The van der Waals surface area contributed by atoms with Crippen molar-refractivity contribution in [2.45, 2.75) is 22.7 Å². The molecule has 1 heterocycles. The zero-order valence-corrected chi connectivity index (χ0v) is 16.9. The molecule has 3 rings (SSSR count). The Morgan fingerprint density at radius 3 is 2.48 bits per heavy atom. The Labute approximate surface area is 173 Å². The number of aliphatic hydroxyl groups is 2. The van der Waals surface area contributed by atoms with E-state index in [9.17, 15) is 23.4 Å². The lowest BCUT2D eigenvalue weighted by molar-refractivity contribution is -0.0462. The van der Waals surface area contributed by atoms with E-state index in [2.05, 4.69) is 10.0 Å². The Balaban J connectivity index is 1.56. The zero-order valence-electron chi connectivity index (χ0n) is 15.3. The predicted octanol–water partition coefficient (Wildman–Crippen LogP) is 0.539. The quantitative estimate of drug-likeness (QED) is 0.498. The Bertz CT molecular complexity index is 954. The van der Waals surface area contributed by atoms with E-state index in [1.165, 1.54) is 24.3 Å². The number of carbonyl (C=O) groups is 1. The largest absolute Gasteiger partial charge is 0.387 e. The molecule has 2 aromatic carbocycles. The van der Waals surface area contributed by atoms with Crippen molar-refractivity contribution in [2.75, 3.05) is 19.7 Å². The van der Waals surface area contributed by atoms with E-state index in [0.717, 1.165) is 0 Å². The standard InChI is InChI=1S/C19H21ClN2O6S/c20-14-6-8-15(9-7-14)29(26,27)22-10-16-17(23)19(25,12-28-16)11-21-18(24)13-4-2-1-3-5-13/h1-9,16-17,22-23,25H,10-12H2,(H,21,24)/t16-,17?,19+/m1/s1. The van der Waals surface area contributed by atoms with Crippen molar-refractivity contribution in [3.63, 3.8) is 0 Å². The minimum absolute atomic E-state index is 0.0137. The van der Waals surface area contributed by atoms with Crippen LogP contribution in [0.15, 0.2) is 59.5 Å². The van der Waals surface area contributed by atoms with Gasteiger partial charge in [0, 0.05) is 17.1 Å². The SMILES string of the molecule is O=C(NC[C@]1(O)CO[C@H](CNS(=O)(=O)c2ccc(Cl)cc2)C1O)c1ccccc1. The van der Waals surface area contributed by atoms with Crippen LogP contribution in [0.25, 0.3) is 0 Å². The number of sulfonamides is 1. The molecule has 0 bridgehead atoms. The normalized spacial score (nSPS) is 24.4. The molecule has 1 aliphatic heterocycles. The highest BCUT2D eigenvalue weighted by molar-refractivity contribution is 7.89. The first-order valence-electron chi connectivity index (χ1n) is 8.82. The topological polar surface area (TPSA) is 125 Å². The summed E-state index contributed by atoms with van der Waals surface area (Å²) in [5.74, 6) is -0.405. The number of halogens is 1. The molecular formula is C19H21ClN2O6S. The van der Waals surface area contributed by atoms with E-state index in [1.807, 2.05) is 0 Å². The minimum Gasteiger partial charge on any atom is -0.387 e.